The van der Waals surface area contributed by atoms with Crippen molar-refractivity contribution < 1.29 is 13.2 Å². The van der Waals surface area contributed by atoms with E-state index in [1.165, 1.54) is 4.31 Å². The van der Waals surface area contributed by atoms with Gasteiger partial charge in [-0.15, -0.1) is 0 Å². The maximum Gasteiger partial charge on any atom is 0.243 e. The number of piperidine rings is 1. The molecule has 1 aromatic rings. The molecule has 2 rings (SSSR count). The van der Waals surface area contributed by atoms with Crippen LogP contribution in [0.5, 0.6) is 0 Å². The Balaban J connectivity index is 1.94. The molecular formula is C20H34N4O3S. The Bertz CT molecular complexity index is 739. The molecule has 8 heteroatoms. The van der Waals surface area contributed by atoms with E-state index in [2.05, 4.69) is 15.2 Å². The number of guanidine groups is 1. The Kier molecular flexibility index (Phi) is 8.27. The molecule has 0 radical (unpaired) electrons. The first kappa shape index (κ1) is 22.6. The van der Waals surface area contributed by atoms with Crippen LogP contribution >= 0.6 is 0 Å². The highest BCUT2D eigenvalue weighted by Gasteiger charge is 2.23. The van der Waals surface area contributed by atoms with Crippen molar-refractivity contribution in [2.75, 3.05) is 33.8 Å². The van der Waals surface area contributed by atoms with Gasteiger partial charge in [-0.05, 0) is 51.3 Å². The largest absolute Gasteiger partial charge is 0.378 e. The highest BCUT2D eigenvalue weighted by molar-refractivity contribution is 7.89. The topological polar surface area (TPSA) is 74.2 Å². The molecule has 0 spiro atoms. The van der Waals surface area contributed by atoms with Gasteiger partial charge in [-0.25, -0.2) is 8.42 Å². The molecule has 0 atom stereocenters. The summed E-state index contributed by atoms with van der Waals surface area (Å²) in [6.07, 6.45) is 2.35. The molecule has 0 bridgehead atoms. The number of ether oxygens (including phenoxy) is 1. The quantitative estimate of drug-likeness (QED) is 0.551. The van der Waals surface area contributed by atoms with E-state index in [9.17, 15) is 8.42 Å². The zero-order valence-corrected chi connectivity index (χ0v) is 18.5. The molecule has 1 fully saturated rings. The van der Waals surface area contributed by atoms with Crippen molar-refractivity contribution in [1.82, 2.24) is 14.5 Å². The van der Waals surface area contributed by atoms with Crippen LogP contribution in [-0.4, -0.2) is 69.5 Å². The summed E-state index contributed by atoms with van der Waals surface area (Å²) < 4.78 is 32.2. The number of sulfonamides is 1. The summed E-state index contributed by atoms with van der Waals surface area (Å²) in [6.45, 7) is 8.95. The Morgan fingerprint density at radius 1 is 1.29 bits per heavy atom. The van der Waals surface area contributed by atoms with Crippen LogP contribution in [0.2, 0.25) is 0 Å². The van der Waals surface area contributed by atoms with Gasteiger partial charge in [0.2, 0.25) is 10.0 Å². The van der Waals surface area contributed by atoms with Gasteiger partial charge in [-0.2, -0.15) is 4.31 Å². The lowest BCUT2D eigenvalue weighted by atomic mass is 10.1. The van der Waals surface area contributed by atoms with Gasteiger partial charge in [0.05, 0.1) is 11.0 Å². The lowest BCUT2D eigenvalue weighted by molar-refractivity contribution is 0.0263. The molecule has 1 N–H and O–H groups in total. The van der Waals surface area contributed by atoms with Gasteiger partial charge < -0.3 is 15.0 Å². The van der Waals surface area contributed by atoms with E-state index >= 15 is 0 Å². The molecule has 1 aliphatic rings. The fraction of sp³-hybridized carbons (Fsp3) is 0.650. The molecule has 0 aromatic heterocycles. The maximum absolute atomic E-state index is 12.6. The Hall–Kier alpha value is -1.64. The second-order valence-electron chi connectivity index (χ2n) is 7.30. The van der Waals surface area contributed by atoms with Crippen LogP contribution in [0.4, 0.5) is 0 Å². The minimum atomic E-state index is -3.45. The molecule has 1 aliphatic heterocycles. The summed E-state index contributed by atoms with van der Waals surface area (Å²) in [4.78, 5) is 6.94. The monoisotopic (exact) mass is 410 g/mol. The van der Waals surface area contributed by atoms with Crippen LogP contribution < -0.4 is 5.32 Å². The number of nitrogens with zero attached hydrogens (tertiary/aromatic N) is 3. The summed E-state index contributed by atoms with van der Waals surface area (Å²) in [7, 11) is -0.0576. The molecule has 0 amide bonds. The number of hydrogen-bond donors (Lipinski definition) is 1. The van der Waals surface area contributed by atoms with Crippen LogP contribution in [0, 0.1) is 0 Å². The van der Waals surface area contributed by atoms with E-state index in [4.69, 9.17) is 4.74 Å². The predicted octanol–water partition coefficient (Wildman–Crippen LogP) is 2.29. The number of likely N-dealkylation sites (tertiary alicyclic amines) is 1. The van der Waals surface area contributed by atoms with Crippen molar-refractivity contribution in [3.05, 3.63) is 29.8 Å². The number of hydrogen-bond acceptors (Lipinski definition) is 4. The normalized spacial score (nSPS) is 16.8. The lowest BCUT2D eigenvalue weighted by Gasteiger charge is -2.34. The van der Waals surface area contributed by atoms with Crippen LogP contribution in [0.15, 0.2) is 34.2 Å². The standard InChI is InChI=1S/C20H34N4O3S/c1-6-27-18-11-13-24(14-12-18)20(21-4)22-15-17-7-9-19(10-8-17)28(25,26)23(5)16(2)3/h7-10,16,18H,6,11-15H2,1-5H3,(H,21,22). The molecule has 1 saturated heterocycles. The van der Waals surface area contributed by atoms with Gasteiger partial charge >= 0.3 is 0 Å². The van der Waals surface area contributed by atoms with Crippen molar-refractivity contribution in [2.24, 2.45) is 4.99 Å². The summed E-state index contributed by atoms with van der Waals surface area (Å²) >= 11 is 0. The molecule has 0 unspecified atom stereocenters. The van der Waals surface area contributed by atoms with Gasteiger partial charge in [-0.3, -0.25) is 4.99 Å². The number of rotatable bonds is 7. The van der Waals surface area contributed by atoms with E-state index in [-0.39, 0.29) is 6.04 Å². The smallest absolute Gasteiger partial charge is 0.243 e. The Labute approximate surface area is 169 Å². The second kappa shape index (κ2) is 10.2. The van der Waals surface area contributed by atoms with Gasteiger partial charge in [0, 0.05) is 46.4 Å². The SMILES string of the molecule is CCOC1CCN(C(=NC)NCc2ccc(S(=O)(=O)N(C)C(C)C)cc2)CC1. The fourth-order valence-corrected chi connectivity index (χ4v) is 4.57. The Morgan fingerprint density at radius 2 is 1.89 bits per heavy atom. The highest BCUT2D eigenvalue weighted by atomic mass is 32.2. The minimum absolute atomic E-state index is 0.0819. The molecule has 158 valence electrons. The fourth-order valence-electron chi connectivity index (χ4n) is 3.21. The van der Waals surface area contributed by atoms with Gasteiger partial charge in [0.15, 0.2) is 5.96 Å². The molecule has 7 nitrogen and oxygen atoms in total. The van der Waals surface area contributed by atoms with Crippen molar-refractivity contribution in [3.8, 4) is 0 Å². The zero-order valence-electron chi connectivity index (χ0n) is 17.7. The lowest BCUT2D eigenvalue weighted by Crippen LogP contribution is -2.46. The summed E-state index contributed by atoms with van der Waals surface area (Å²) in [5.74, 6) is 0.867. The summed E-state index contributed by atoms with van der Waals surface area (Å²) in [5, 5.41) is 3.38. The first-order valence-corrected chi connectivity index (χ1v) is 11.4. The average molecular weight is 411 g/mol. The number of nitrogens with one attached hydrogen (secondary N) is 1. The predicted molar refractivity (Wildman–Crippen MR) is 113 cm³/mol. The van der Waals surface area contributed by atoms with E-state index in [0.717, 1.165) is 44.1 Å². The number of aliphatic imine (C=N–C) groups is 1. The summed E-state index contributed by atoms with van der Waals surface area (Å²) in [5.41, 5.74) is 1.01. The van der Waals surface area contributed by atoms with E-state index in [1.807, 2.05) is 32.9 Å². The Morgan fingerprint density at radius 3 is 2.39 bits per heavy atom. The zero-order chi connectivity index (χ0) is 20.7. The van der Waals surface area contributed by atoms with E-state index < -0.39 is 10.0 Å². The average Bonchev–Trinajstić information content (AvgIpc) is 2.69. The van der Waals surface area contributed by atoms with E-state index in [0.29, 0.717) is 17.5 Å². The van der Waals surface area contributed by atoms with Crippen LogP contribution in [0.1, 0.15) is 39.2 Å². The van der Waals surface area contributed by atoms with Crippen LogP contribution in [0.25, 0.3) is 0 Å². The molecule has 0 saturated carbocycles. The van der Waals surface area contributed by atoms with Crippen LogP contribution in [-0.2, 0) is 21.3 Å². The first-order chi connectivity index (χ1) is 13.3. The first-order valence-electron chi connectivity index (χ1n) is 9.93. The van der Waals surface area contributed by atoms with Crippen molar-refractivity contribution >= 4 is 16.0 Å². The van der Waals surface area contributed by atoms with Crippen molar-refractivity contribution in [1.29, 1.82) is 0 Å². The third kappa shape index (κ3) is 5.68. The molecule has 1 aromatic carbocycles. The summed E-state index contributed by atoms with van der Waals surface area (Å²) in [6, 6.07) is 6.95. The van der Waals surface area contributed by atoms with Gasteiger partial charge in [0.1, 0.15) is 0 Å². The second-order valence-corrected chi connectivity index (χ2v) is 9.30. The van der Waals surface area contributed by atoms with Gasteiger partial charge in [0.25, 0.3) is 0 Å². The van der Waals surface area contributed by atoms with Crippen LogP contribution in [0.3, 0.4) is 0 Å². The molecule has 1 heterocycles. The van der Waals surface area contributed by atoms with Crippen molar-refractivity contribution in [2.45, 2.75) is 57.2 Å². The highest BCUT2D eigenvalue weighted by Crippen LogP contribution is 2.17. The molecular weight excluding hydrogens is 376 g/mol. The molecule has 28 heavy (non-hydrogen) atoms. The molecule has 0 aliphatic carbocycles. The third-order valence-corrected chi connectivity index (χ3v) is 7.18. The van der Waals surface area contributed by atoms with E-state index in [1.54, 1.807) is 26.2 Å². The minimum Gasteiger partial charge on any atom is -0.378 e. The third-order valence-electron chi connectivity index (χ3n) is 5.13. The van der Waals surface area contributed by atoms with Gasteiger partial charge in [-0.1, -0.05) is 12.1 Å². The van der Waals surface area contributed by atoms with Crippen molar-refractivity contribution in [3.63, 3.8) is 0 Å². The number of benzene rings is 1. The maximum atomic E-state index is 12.6.